The molecule has 0 aromatic heterocycles. The zero-order chi connectivity index (χ0) is 17.6. The largest absolute Gasteiger partial charge is 0.488 e. The van der Waals surface area contributed by atoms with E-state index in [-0.39, 0.29) is 24.1 Å². The molecule has 1 aromatic carbocycles. The van der Waals surface area contributed by atoms with Crippen molar-refractivity contribution < 1.29 is 24.2 Å². The van der Waals surface area contributed by atoms with Crippen LogP contribution < -0.4 is 15.4 Å². The molecule has 1 saturated carbocycles. The number of urea groups is 1. The third-order valence-electron chi connectivity index (χ3n) is 4.71. The van der Waals surface area contributed by atoms with Crippen molar-refractivity contribution >= 4 is 17.7 Å². The highest BCUT2D eigenvalue weighted by atomic mass is 16.5. The Morgan fingerprint density at radius 2 is 1.80 bits per heavy atom. The number of rotatable bonds is 5. The quantitative estimate of drug-likeness (QED) is 0.760. The van der Waals surface area contributed by atoms with Crippen LogP contribution in [0.15, 0.2) is 24.3 Å². The van der Waals surface area contributed by atoms with Crippen LogP contribution in [0.25, 0.3) is 0 Å². The lowest BCUT2D eigenvalue weighted by Crippen LogP contribution is -2.40. The summed E-state index contributed by atoms with van der Waals surface area (Å²) < 4.78 is 11.1. The van der Waals surface area contributed by atoms with E-state index >= 15 is 0 Å². The van der Waals surface area contributed by atoms with Crippen molar-refractivity contribution in [1.82, 2.24) is 5.32 Å². The van der Waals surface area contributed by atoms with E-state index in [0.29, 0.717) is 38.0 Å². The molecule has 0 radical (unpaired) electrons. The van der Waals surface area contributed by atoms with Gasteiger partial charge in [-0.1, -0.05) is 0 Å². The summed E-state index contributed by atoms with van der Waals surface area (Å²) >= 11 is 0. The van der Waals surface area contributed by atoms with Gasteiger partial charge in [-0.25, -0.2) is 4.79 Å². The number of hydrogen-bond donors (Lipinski definition) is 3. The molecule has 25 heavy (non-hydrogen) atoms. The molecule has 2 aliphatic rings. The molecule has 0 bridgehead atoms. The molecule has 0 spiro atoms. The van der Waals surface area contributed by atoms with Gasteiger partial charge >= 0.3 is 12.0 Å². The second-order valence-corrected chi connectivity index (χ2v) is 6.61. The lowest BCUT2D eigenvalue weighted by molar-refractivity contribution is -0.142. The highest BCUT2D eigenvalue weighted by molar-refractivity contribution is 5.89. The first-order valence-corrected chi connectivity index (χ1v) is 8.75. The summed E-state index contributed by atoms with van der Waals surface area (Å²) in [5.74, 6) is -0.262. The van der Waals surface area contributed by atoms with Crippen molar-refractivity contribution in [2.45, 2.75) is 44.2 Å². The number of aliphatic carboxylic acids is 1. The molecule has 1 unspecified atom stereocenters. The zero-order valence-corrected chi connectivity index (χ0v) is 14.1. The molecule has 2 amide bonds. The maximum Gasteiger partial charge on any atom is 0.319 e. The number of hydrogen-bond acceptors (Lipinski definition) is 4. The van der Waals surface area contributed by atoms with E-state index in [4.69, 9.17) is 14.6 Å². The number of carbonyl (C=O) groups excluding carboxylic acids is 1. The summed E-state index contributed by atoms with van der Waals surface area (Å²) in [6.45, 7) is 1.35. The third kappa shape index (κ3) is 5.09. The Morgan fingerprint density at radius 1 is 1.08 bits per heavy atom. The molecular weight excluding hydrogens is 324 g/mol. The van der Waals surface area contributed by atoms with E-state index in [9.17, 15) is 9.59 Å². The molecule has 1 aliphatic heterocycles. The molecule has 7 nitrogen and oxygen atoms in total. The van der Waals surface area contributed by atoms with Gasteiger partial charge in [0, 0.05) is 18.2 Å². The molecule has 3 rings (SSSR count). The van der Waals surface area contributed by atoms with E-state index in [2.05, 4.69) is 10.6 Å². The summed E-state index contributed by atoms with van der Waals surface area (Å²) in [6, 6.07) is 7.01. The maximum atomic E-state index is 12.1. The second-order valence-electron chi connectivity index (χ2n) is 6.61. The van der Waals surface area contributed by atoms with Crippen molar-refractivity contribution in [2.75, 3.05) is 18.5 Å². The van der Waals surface area contributed by atoms with Gasteiger partial charge < -0.3 is 25.2 Å². The van der Waals surface area contributed by atoms with Gasteiger partial charge in [0.2, 0.25) is 0 Å². The molecule has 1 aromatic rings. The van der Waals surface area contributed by atoms with E-state index < -0.39 is 5.97 Å². The van der Waals surface area contributed by atoms with Crippen LogP contribution in [-0.2, 0) is 9.53 Å². The number of carbonyl (C=O) groups is 2. The van der Waals surface area contributed by atoms with Crippen LogP contribution in [-0.4, -0.2) is 42.5 Å². The highest BCUT2D eigenvalue weighted by Gasteiger charge is 2.26. The third-order valence-corrected chi connectivity index (χ3v) is 4.71. The Hall–Kier alpha value is -2.28. The Kier molecular flexibility index (Phi) is 5.75. The van der Waals surface area contributed by atoms with Gasteiger partial charge in [-0.15, -0.1) is 0 Å². The summed E-state index contributed by atoms with van der Waals surface area (Å²) in [5.41, 5.74) is 0.687. The Bertz CT molecular complexity index is 590. The van der Waals surface area contributed by atoms with E-state index in [1.54, 1.807) is 12.1 Å². The van der Waals surface area contributed by atoms with Crippen molar-refractivity contribution in [1.29, 1.82) is 0 Å². The standard InChI is InChI=1S/C18H24N2O5/c21-17(22)12-1-3-13(4-2-12)19-18(23)20-14-5-7-15(8-6-14)25-16-9-10-24-11-16/h5-8,12-13,16H,1-4,9-11H2,(H,21,22)(H2,19,20,23). The highest BCUT2D eigenvalue weighted by Crippen LogP contribution is 2.24. The fraction of sp³-hybridized carbons (Fsp3) is 0.556. The molecular formula is C18H24N2O5. The van der Waals surface area contributed by atoms with Gasteiger partial charge in [-0.3, -0.25) is 4.79 Å². The number of benzene rings is 1. The molecule has 1 saturated heterocycles. The predicted octanol–water partition coefficient (Wildman–Crippen LogP) is 2.62. The van der Waals surface area contributed by atoms with Crippen LogP contribution in [0.5, 0.6) is 5.75 Å². The molecule has 7 heteroatoms. The minimum Gasteiger partial charge on any atom is -0.488 e. The lowest BCUT2D eigenvalue weighted by atomic mass is 9.86. The lowest BCUT2D eigenvalue weighted by Gasteiger charge is -2.26. The van der Waals surface area contributed by atoms with Crippen molar-refractivity contribution in [3.63, 3.8) is 0 Å². The average molecular weight is 348 g/mol. The molecule has 1 heterocycles. The Labute approximate surface area is 146 Å². The number of carboxylic acids is 1. The SMILES string of the molecule is O=C(Nc1ccc(OC2CCOC2)cc1)NC1CCC(C(=O)O)CC1. The van der Waals surface area contributed by atoms with Crippen molar-refractivity contribution in [3.05, 3.63) is 24.3 Å². The molecule has 136 valence electrons. The number of amides is 2. The van der Waals surface area contributed by atoms with Crippen LogP contribution in [0, 0.1) is 5.92 Å². The number of carboxylic acid groups (broad SMARTS) is 1. The van der Waals surface area contributed by atoms with Gasteiger partial charge in [-0.2, -0.15) is 0 Å². The molecule has 3 N–H and O–H groups in total. The smallest absolute Gasteiger partial charge is 0.319 e. The van der Waals surface area contributed by atoms with Gasteiger partial charge in [-0.05, 0) is 49.9 Å². The van der Waals surface area contributed by atoms with Crippen LogP contribution in [0.3, 0.4) is 0 Å². The minimum absolute atomic E-state index is 0.0283. The minimum atomic E-state index is -0.741. The van der Waals surface area contributed by atoms with Crippen LogP contribution >= 0.6 is 0 Å². The summed E-state index contributed by atoms with van der Waals surface area (Å²) in [4.78, 5) is 23.0. The van der Waals surface area contributed by atoms with E-state index in [1.807, 2.05) is 12.1 Å². The monoisotopic (exact) mass is 348 g/mol. The summed E-state index contributed by atoms with van der Waals surface area (Å²) in [5, 5.41) is 14.7. The van der Waals surface area contributed by atoms with Gasteiger partial charge in [0.25, 0.3) is 0 Å². The number of ether oxygens (including phenoxy) is 2. The van der Waals surface area contributed by atoms with E-state index in [1.165, 1.54) is 0 Å². The fourth-order valence-corrected chi connectivity index (χ4v) is 3.25. The first kappa shape index (κ1) is 17.5. The summed E-state index contributed by atoms with van der Waals surface area (Å²) in [7, 11) is 0. The fourth-order valence-electron chi connectivity index (χ4n) is 3.25. The van der Waals surface area contributed by atoms with E-state index in [0.717, 1.165) is 18.8 Å². The molecule has 2 fully saturated rings. The van der Waals surface area contributed by atoms with Gasteiger partial charge in [0.1, 0.15) is 11.9 Å². The Balaban J connectivity index is 1.42. The number of nitrogens with one attached hydrogen (secondary N) is 2. The first-order chi connectivity index (χ1) is 12.1. The molecule has 1 aliphatic carbocycles. The van der Waals surface area contributed by atoms with Gasteiger partial charge in [0.15, 0.2) is 0 Å². The second kappa shape index (κ2) is 8.20. The van der Waals surface area contributed by atoms with Crippen LogP contribution in [0.1, 0.15) is 32.1 Å². The van der Waals surface area contributed by atoms with Crippen molar-refractivity contribution in [2.24, 2.45) is 5.92 Å². The van der Waals surface area contributed by atoms with Crippen LogP contribution in [0.4, 0.5) is 10.5 Å². The average Bonchev–Trinajstić information content (AvgIpc) is 3.10. The zero-order valence-electron chi connectivity index (χ0n) is 14.1. The maximum absolute atomic E-state index is 12.1. The van der Waals surface area contributed by atoms with Crippen molar-refractivity contribution in [3.8, 4) is 5.75 Å². The normalized spacial score (nSPS) is 26.0. The topological polar surface area (TPSA) is 96.9 Å². The number of anilines is 1. The Morgan fingerprint density at radius 3 is 2.40 bits per heavy atom. The van der Waals surface area contributed by atoms with Crippen LogP contribution in [0.2, 0.25) is 0 Å². The first-order valence-electron chi connectivity index (χ1n) is 8.75. The predicted molar refractivity (Wildman–Crippen MR) is 91.8 cm³/mol. The molecule has 1 atom stereocenters. The summed E-state index contributed by atoms with van der Waals surface area (Å²) in [6.07, 6.45) is 3.60. The van der Waals surface area contributed by atoms with Gasteiger partial charge in [0.05, 0.1) is 19.1 Å².